The first-order chi connectivity index (χ1) is 12.7. The van der Waals surface area contributed by atoms with Crippen molar-refractivity contribution in [2.75, 3.05) is 13.1 Å². The molecule has 0 aliphatic carbocycles. The molecule has 0 radical (unpaired) electrons. The zero-order valence-electron chi connectivity index (χ0n) is 14.8. The summed E-state index contributed by atoms with van der Waals surface area (Å²) in [7, 11) is 0. The molecule has 26 heavy (non-hydrogen) atoms. The van der Waals surface area contributed by atoms with Crippen LogP contribution in [0.15, 0.2) is 36.8 Å². The van der Waals surface area contributed by atoms with Gasteiger partial charge in [0.2, 0.25) is 0 Å². The Morgan fingerprint density at radius 1 is 1.35 bits per heavy atom. The maximum atomic E-state index is 12.9. The summed E-state index contributed by atoms with van der Waals surface area (Å²) in [6.07, 6.45) is 8.40. The lowest BCUT2D eigenvalue weighted by atomic mass is 9.92. The van der Waals surface area contributed by atoms with E-state index in [2.05, 4.69) is 32.3 Å². The van der Waals surface area contributed by atoms with Crippen LogP contribution < -0.4 is 0 Å². The van der Waals surface area contributed by atoms with Crippen molar-refractivity contribution in [3.05, 3.63) is 53.7 Å². The Kier molecular flexibility index (Phi) is 4.51. The van der Waals surface area contributed by atoms with Crippen LogP contribution in [-0.4, -0.2) is 49.3 Å². The van der Waals surface area contributed by atoms with Crippen molar-refractivity contribution in [2.24, 2.45) is 5.92 Å². The van der Waals surface area contributed by atoms with Crippen molar-refractivity contribution in [3.63, 3.8) is 0 Å². The number of nitrogens with one attached hydrogen (secondary N) is 2. The molecule has 0 unspecified atom stereocenters. The van der Waals surface area contributed by atoms with Crippen LogP contribution in [0.2, 0.25) is 0 Å². The number of piperidine rings is 1. The van der Waals surface area contributed by atoms with Gasteiger partial charge in [-0.3, -0.25) is 20.0 Å². The van der Waals surface area contributed by atoms with Crippen LogP contribution in [0.25, 0.3) is 11.3 Å². The normalized spacial score (nSPS) is 17.4. The van der Waals surface area contributed by atoms with E-state index in [1.54, 1.807) is 12.4 Å². The molecule has 134 valence electrons. The zero-order chi connectivity index (χ0) is 17.9. The summed E-state index contributed by atoms with van der Waals surface area (Å²) in [5.41, 5.74) is 4.52. The summed E-state index contributed by atoms with van der Waals surface area (Å²) in [6.45, 7) is 3.62. The molecule has 1 aliphatic heterocycles. The van der Waals surface area contributed by atoms with Gasteiger partial charge in [0.25, 0.3) is 5.91 Å². The predicted octanol–water partition coefficient (Wildman–Crippen LogP) is 2.60. The summed E-state index contributed by atoms with van der Waals surface area (Å²) < 4.78 is 0. The van der Waals surface area contributed by atoms with Gasteiger partial charge in [0.15, 0.2) is 0 Å². The molecule has 7 heteroatoms. The van der Waals surface area contributed by atoms with Crippen LogP contribution in [0, 0.1) is 12.8 Å². The number of rotatable bonds is 4. The Bertz CT molecular complexity index is 884. The minimum atomic E-state index is 0.0127. The molecular formula is C19H22N6O. The Labute approximate surface area is 151 Å². The monoisotopic (exact) mass is 350 g/mol. The van der Waals surface area contributed by atoms with Crippen molar-refractivity contribution in [3.8, 4) is 11.3 Å². The molecule has 1 aliphatic rings. The summed E-state index contributed by atoms with van der Waals surface area (Å²) in [4.78, 5) is 18.9. The Hall–Kier alpha value is -2.96. The van der Waals surface area contributed by atoms with E-state index in [0.29, 0.717) is 11.6 Å². The SMILES string of the molecule is Cc1cn[nH]c1C[C@H]1CCCN(C(=O)c2cc(-c3cccnc3)n[nH]2)C1. The van der Waals surface area contributed by atoms with Gasteiger partial charge >= 0.3 is 0 Å². The molecule has 0 aromatic carbocycles. The molecular weight excluding hydrogens is 328 g/mol. The number of H-pyrrole nitrogens is 2. The van der Waals surface area contributed by atoms with Gasteiger partial charge in [0, 0.05) is 36.7 Å². The number of nitrogens with zero attached hydrogens (tertiary/aromatic N) is 4. The van der Waals surface area contributed by atoms with Crippen LogP contribution in [0.1, 0.15) is 34.6 Å². The number of amides is 1. The highest BCUT2D eigenvalue weighted by molar-refractivity contribution is 5.93. The lowest BCUT2D eigenvalue weighted by molar-refractivity contribution is 0.0666. The van der Waals surface area contributed by atoms with E-state index in [1.807, 2.05) is 29.3 Å². The number of carbonyl (C=O) groups is 1. The summed E-state index contributed by atoms with van der Waals surface area (Å²) in [5, 5.41) is 14.3. The van der Waals surface area contributed by atoms with E-state index >= 15 is 0 Å². The fraction of sp³-hybridized carbons (Fsp3) is 0.368. The minimum absolute atomic E-state index is 0.0127. The number of aryl methyl sites for hydroxylation is 1. The Balaban J connectivity index is 1.44. The van der Waals surface area contributed by atoms with E-state index in [4.69, 9.17) is 0 Å². The maximum Gasteiger partial charge on any atom is 0.271 e. The average Bonchev–Trinajstić information content (AvgIpc) is 3.32. The fourth-order valence-electron chi connectivity index (χ4n) is 3.55. The summed E-state index contributed by atoms with van der Waals surface area (Å²) in [6, 6.07) is 5.60. The van der Waals surface area contributed by atoms with Gasteiger partial charge in [-0.1, -0.05) is 0 Å². The molecule has 1 saturated heterocycles. The van der Waals surface area contributed by atoms with Crippen LogP contribution in [0.5, 0.6) is 0 Å². The molecule has 0 spiro atoms. The lowest BCUT2D eigenvalue weighted by Gasteiger charge is -2.32. The smallest absolute Gasteiger partial charge is 0.271 e. The third-order valence-corrected chi connectivity index (χ3v) is 5.00. The molecule has 0 saturated carbocycles. The molecule has 7 nitrogen and oxygen atoms in total. The molecule has 4 rings (SSSR count). The van der Waals surface area contributed by atoms with Crippen LogP contribution in [0.3, 0.4) is 0 Å². The Morgan fingerprint density at radius 2 is 2.27 bits per heavy atom. The highest BCUT2D eigenvalue weighted by Gasteiger charge is 2.26. The predicted molar refractivity (Wildman–Crippen MR) is 97.5 cm³/mol. The quantitative estimate of drug-likeness (QED) is 0.757. The molecule has 0 bridgehead atoms. The van der Waals surface area contributed by atoms with Crippen molar-refractivity contribution in [2.45, 2.75) is 26.2 Å². The van der Waals surface area contributed by atoms with Crippen LogP contribution in [0.4, 0.5) is 0 Å². The van der Waals surface area contributed by atoms with E-state index in [9.17, 15) is 4.79 Å². The fourth-order valence-corrected chi connectivity index (χ4v) is 3.55. The van der Waals surface area contributed by atoms with Crippen molar-refractivity contribution >= 4 is 5.91 Å². The van der Waals surface area contributed by atoms with Gasteiger partial charge in [0.1, 0.15) is 5.69 Å². The molecule has 3 aromatic heterocycles. The molecule has 3 aromatic rings. The van der Waals surface area contributed by atoms with E-state index < -0.39 is 0 Å². The number of likely N-dealkylation sites (tertiary alicyclic amines) is 1. The molecule has 4 heterocycles. The van der Waals surface area contributed by atoms with Gasteiger partial charge in [-0.15, -0.1) is 0 Å². The minimum Gasteiger partial charge on any atom is -0.337 e. The first-order valence-electron chi connectivity index (χ1n) is 8.94. The topological polar surface area (TPSA) is 90.6 Å². The first kappa shape index (κ1) is 16.5. The number of carbonyl (C=O) groups excluding carboxylic acids is 1. The number of hydrogen-bond acceptors (Lipinski definition) is 4. The number of aromatic amines is 2. The zero-order valence-corrected chi connectivity index (χ0v) is 14.8. The van der Waals surface area contributed by atoms with E-state index in [1.165, 1.54) is 11.3 Å². The van der Waals surface area contributed by atoms with Crippen molar-refractivity contribution in [1.29, 1.82) is 0 Å². The van der Waals surface area contributed by atoms with Crippen LogP contribution >= 0.6 is 0 Å². The number of aromatic nitrogens is 5. The second-order valence-electron chi connectivity index (χ2n) is 6.90. The largest absolute Gasteiger partial charge is 0.337 e. The standard InChI is InChI=1S/C19H22N6O/c1-13-10-21-22-16(13)8-14-4-3-7-25(12-14)19(26)18-9-17(23-24-18)15-5-2-6-20-11-15/h2,5-6,9-11,14H,3-4,7-8,12H2,1H3,(H,21,22)(H,23,24)/t14-/m1/s1. The Morgan fingerprint density at radius 3 is 3.04 bits per heavy atom. The summed E-state index contributed by atoms with van der Waals surface area (Å²) in [5.74, 6) is 0.464. The van der Waals surface area contributed by atoms with Gasteiger partial charge in [-0.25, -0.2) is 0 Å². The molecule has 1 amide bonds. The molecule has 1 atom stereocenters. The number of hydrogen-bond donors (Lipinski definition) is 2. The van der Waals surface area contributed by atoms with Gasteiger partial charge in [-0.05, 0) is 55.9 Å². The highest BCUT2D eigenvalue weighted by atomic mass is 16.2. The van der Waals surface area contributed by atoms with Crippen molar-refractivity contribution < 1.29 is 4.79 Å². The molecule has 2 N–H and O–H groups in total. The van der Waals surface area contributed by atoms with E-state index in [0.717, 1.165) is 43.6 Å². The second-order valence-corrected chi connectivity index (χ2v) is 6.90. The first-order valence-corrected chi connectivity index (χ1v) is 8.94. The third kappa shape index (κ3) is 3.37. The lowest BCUT2D eigenvalue weighted by Crippen LogP contribution is -2.40. The number of pyridine rings is 1. The van der Waals surface area contributed by atoms with Gasteiger partial charge in [0.05, 0.1) is 11.9 Å². The third-order valence-electron chi connectivity index (χ3n) is 5.00. The van der Waals surface area contributed by atoms with Gasteiger partial charge in [-0.2, -0.15) is 10.2 Å². The molecule has 1 fully saturated rings. The highest BCUT2D eigenvalue weighted by Crippen LogP contribution is 2.23. The summed E-state index contributed by atoms with van der Waals surface area (Å²) >= 11 is 0. The average molecular weight is 350 g/mol. The van der Waals surface area contributed by atoms with E-state index in [-0.39, 0.29) is 5.91 Å². The maximum absolute atomic E-state index is 12.9. The van der Waals surface area contributed by atoms with Crippen LogP contribution in [-0.2, 0) is 6.42 Å². The second kappa shape index (κ2) is 7.11. The van der Waals surface area contributed by atoms with Gasteiger partial charge < -0.3 is 4.90 Å². The van der Waals surface area contributed by atoms with Crippen molar-refractivity contribution in [1.82, 2.24) is 30.3 Å².